The Morgan fingerprint density at radius 2 is 1.81 bits per heavy atom. The first-order valence-electron chi connectivity index (χ1n) is 7.70. The molecule has 2 aromatic carbocycles. The quantitative estimate of drug-likeness (QED) is 0.462. The van der Waals surface area contributed by atoms with Gasteiger partial charge in [0.25, 0.3) is 5.69 Å². The van der Waals surface area contributed by atoms with Crippen LogP contribution in [0.4, 0.5) is 18.9 Å². The predicted octanol–water partition coefficient (Wildman–Crippen LogP) is 4.96. The topological polar surface area (TPSA) is 73.8 Å². The number of nitro groups is 1. The number of aryl methyl sites for hydroxylation is 2. The Morgan fingerprint density at radius 1 is 1.11 bits per heavy atom. The molecule has 27 heavy (non-hydrogen) atoms. The van der Waals surface area contributed by atoms with Crippen molar-refractivity contribution in [2.75, 3.05) is 0 Å². The summed E-state index contributed by atoms with van der Waals surface area (Å²) in [4.78, 5) is 10.5. The molecule has 0 spiro atoms. The summed E-state index contributed by atoms with van der Waals surface area (Å²) in [6, 6.07) is 9.86. The Hall–Kier alpha value is -2.88. The number of alkyl halides is 3. The first kappa shape index (κ1) is 18.9. The minimum atomic E-state index is -4.66. The molecule has 1 heterocycles. The molecule has 0 saturated heterocycles. The minimum absolute atomic E-state index is 0.0511. The maximum absolute atomic E-state index is 12.9. The lowest BCUT2D eigenvalue weighted by Crippen LogP contribution is -2.06. The van der Waals surface area contributed by atoms with E-state index in [-0.39, 0.29) is 4.90 Å². The number of nitro benzene ring substituents is 1. The van der Waals surface area contributed by atoms with Gasteiger partial charge in [0.15, 0.2) is 0 Å². The van der Waals surface area contributed by atoms with Gasteiger partial charge >= 0.3 is 6.18 Å². The van der Waals surface area contributed by atoms with Crippen molar-refractivity contribution in [3.8, 4) is 5.69 Å². The van der Waals surface area contributed by atoms with Crippen molar-refractivity contribution < 1.29 is 18.1 Å². The van der Waals surface area contributed by atoms with Gasteiger partial charge in [0.1, 0.15) is 5.82 Å². The molecule has 0 N–H and O–H groups in total. The summed E-state index contributed by atoms with van der Waals surface area (Å²) >= 11 is 0.893. The van der Waals surface area contributed by atoms with Gasteiger partial charge in [-0.3, -0.25) is 14.7 Å². The van der Waals surface area contributed by atoms with Crippen LogP contribution >= 0.6 is 11.8 Å². The largest absolute Gasteiger partial charge is 0.416 e. The summed E-state index contributed by atoms with van der Waals surface area (Å²) in [6.07, 6.45) is -4.66. The number of para-hydroxylation sites is 1. The Balaban J connectivity index is 2.07. The van der Waals surface area contributed by atoms with Crippen LogP contribution in [0.25, 0.3) is 5.69 Å². The lowest BCUT2D eigenvalue weighted by atomic mass is 10.2. The third-order valence-electron chi connectivity index (χ3n) is 3.84. The van der Waals surface area contributed by atoms with Crippen LogP contribution < -0.4 is 0 Å². The average molecular weight is 394 g/mol. The number of aromatic nitrogens is 3. The van der Waals surface area contributed by atoms with Gasteiger partial charge in [-0.15, -0.1) is 10.2 Å². The summed E-state index contributed by atoms with van der Waals surface area (Å²) in [5.41, 5.74) is 0.0168. The minimum Gasteiger partial charge on any atom is -0.274 e. The number of hydrogen-bond donors (Lipinski definition) is 0. The molecule has 6 nitrogen and oxygen atoms in total. The molecule has 0 atom stereocenters. The normalized spacial score (nSPS) is 11.6. The maximum atomic E-state index is 12.9. The van der Waals surface area contributed by atoms with E-state index in [1.54, 1.807) is 11.5 Å². The highest BCUT2D eigenvalue weighted by atomic mass is 32.2. The van der Waals surface area contributed by atoms with Crippen LogP contribution in [-0.4, -0.2) is 19.7 Å². The van der Waals surface area contributed by atoms with E-state index in [1.807, 2.05) is 31.2 Å². The molecule has 0 fully saturated rings. The Morgan fingerprint density at radius 3 is 2.44 bits per heavy atom. The molecule has 0 aliphatic heterocycles. The second-order valence-electron chi connectivity index (χ2n) is 5.69. The molecular formula is C17H13F3N4O2S. The molecular weight excluding hydrogens is 381 g/mol. The van der Waals surface area contributed by atoms with E-state index < -0.39 is 22.4 Å². The van der Waals surface area contributed by atoms with E-state index in [4.69, 9.17) is 0 Å². The lowest BCUT2D eigenvalue weighted by Gasteiger charge is -2.12. The zero-order valence-corrected chi connectivity index (χ0v) is 15.0. The molecule has 0 aliphatic rings. The van der Waals surface area contributed by atoms with Gasteiger partial charge in [-0.2, -0.15) is 13.2 Å². The number of hydrogen-bond acceptors (Lipinski definition) is 5. The van der Waals surface area contributed by atoms with Gasteiger partial charge in [-0.25, -0.2) is 0 Å². The molecule has 10 heteroatoms. The number of halogens is 3. The third kappa shape index (κ3) is 3.80. The first-order valence-corrected chi connectivity index (χ1v) is 8.51. The zero-order valence-electron chi connectivity index (χ0n) is 14.2. The van der Waals surface area contributed by atoms with Crippen molar-refractivity contribution in [2.24, 2.45) is 0 Å². The molecule has 0 amide bonds. The van der Waals surface area contributed by atoms with Gasteiger partial charge in [0.05, 0.1) is 21.1 Å². The van der Waals surface area contributed by atoms with E-state index in [0.29, 0.717) is 17.0 Å². The van der Waals surface area contributed by atoms with Crippen LogP contribution in [0.5, 0.6) is 0 Å². The van der Waals surface area contributed by atoms with Crippen LogP contribution in [0, 0.1) is 24.0 Å². The van der Waals surface area contributed by atoms with Crippen molar-refractivity contribution in [1.29, 1.82) is 0 Å². The summed E-state index contributed by atoms with van der Waals surface area (Å²) in [5, 5.41) is 19.6. The average Bonchev–Trinajstić information content (AvgIpc) is 2.95. The van der Waals surface area contributed by atoms with Crippen molar-refractivity contribution in [3.63, 3.8) is 0 Å². The number of rotatable bonds is 4. The molecule has 0 bridgehead atoms. The number of benzene rings is 2. The standard InChI is InChI=1S/C17H13F3N4O2S/c1-10-5-3-4-6-13(10)23-11(2)21-22-16(23)27-15-8-7-12(17(18,19)20)9-14(15)24(25)26/h3-9H,1-2H3. The first-order chi connectivity index (χ1) is 12.7. The molecule has 0 radical (unpaired) electrons. The van der Waals surface area contributed by atoms with Crippen molar-refractivity contribution in [2.45, 2.75) is 30.1 Å². The van der Waals surface area contributed by atoms with Crippen LogP contribution in [-0.2, 0) is 6.18 Å². The Bertz CT molecular complexity index is 1020. The fourth-order valence-corrected chi connectivity index (χ4v) is 3.50. The van der Waals surface area contributed by atoms with Crippen LogP contribution in [0.15, 0.2) is 52.5 Å². The Kier molecular flexibility index (Phi) is 4.92. The van der Waals surface area contributed by atoms with E-state index in [1.165, 1.54) is 0 Å². The van der Waals surface area contributed by atoms with Gasteiger partial charge in [-0.1, -0.05) is 18.2 Å². The monoisotopic (exact) mass is 394 g/mol. The van der Waals surface area contributed by atoms with Crippen LogP contribution in [0.3, 0.4) is 0 Å². The summed E-state index contributed by atoms with van der Waals surface area (Å²) in [5.74, 6) is 0.557. The molecule has 0 saturated carbocycles. The highest BCUT2D eigenvalue weighted by Crippen LogP contribution is 2.39. The van der Waals surface area contributed by atoms with Crippen molar-refractivity contribution >= 4 is 17.4 Å². The van der Waals surface area contributed by atoms with Crippen molar-refractivity contribution in [1.82, 2.24) is 14.8 Å². The molecule has 0 unspecified atom stereocenters. The fourth-order valence-electron chi connectivity index (χ4n) is 2.52. The van der Waals surface area contributed by atoms with Gasteiger partial charge in [0.2, 0.25) is 5.16 Å². The van der Waals surface area contributed by atoms with E-state index in [0.717, 1.165) is 35.1 Å². The van der Waals surface area contributed by atoms with Gasteiger partial charge < -0.3 is 0 Å². The van der Waals surface area contributed by atoms with Gasteiger partial charge in [0, 0.05) is 6.07 Å². The summed E-state index contributed by atoms with van der Waals surface area (Å²) < 4.78 is 40.3. The van der Waals surface area contributed by atoms with Gasteiger partial charge in [-0.05, 0) is 49.4 Å². The van der Waals surface area contributed by atoms with Crippen LogP contribution in [0.1, 0.15) is 17.0 Å². The maximum Gasteiger partial charge on any atom is 0.416 e. The second-order valence-corrected chi connectivity index (χ2v) is 6.70. The molecule has 3 rings (SSSR count). The summed E-state index contributed by atoms with van der Waals surface area (Å²) in [6.45, 7) is 3.62. The second kappa shape index (κ2) is 7.03. The van der Waals surface area contributed by atoms with Crippen molar-refractivity contribution in [3.05, 3.63) is 69.5 Å². The SMILES string of the molecule is Cc1ccccc1-n1c(C)nnc1Sc1ccc(C(F)(F)F)cc1[N+](=O)[O-]. The molecule has 1 aromatic heterocycles. The fraction of sp³-hybridized carbons (Fsp3) is 0.176. The van der Waals surface area contributed by atoms with E-state index in [2.05, 4.69) is 10.2 Å². The highest BCUT2D eigenvalue weighted by Gasteiger charge is 2.33. The zero-order chi connectivity index (χ0) is 19.8. The van der Waals surface area contributed by atoms with E-state index in [9.17, 15) is 23.3 Å². The smallest absolute Gasteiger partial charge is 0.274 e. The Labute approximate surface area is 156 Å². The summed E-state index contributed by atoms with van der Waals surface area (Å²) in [7, 11) is 0. The third-order valence-corrected chi connectivity index (χ3v) is 4.85. The lowest BCUT2D eigenvalue weighted by molar-refractivity contribution is -0.388. The molecule has 3 aromatic rings. The van der Waals surface area contributed by atoms with Crippen LogP contribution in [0.2, 0.25) is 0 Å². The highest BCUT2D eigenvalue weighted by molar-refractivity contribution is 7.99. The number of nitrogens with zero attached hydrogens (tertiary/aromatic N) is 4. The molecule has 0 aliphatic carbocycles. The predicted molar refractivity (Wildman–Crippen MR) is 93.1 cm³/mol. The molecule has 140 valence electrons. The van der Waals surface area contributed by atoms with E-state index >= 15 is 0 Å².